The molecular weight excluding hydrogens is 512 g/mol. The van der Waals surface area contributed by atoms with Crippen LogP contribution in [0.5, 0.6) is 11.5 Å². The topological polar surface area (TPSA) is 55.8 Å². The second kappa shape index (κ2) is 11.2. The predicted molar refractivity (Wildman–Crippen MR) is 136 cm³/mol. The number of benzene rings is 3. The summed E-state index contributed by atoms with van der Waals surface area (Å²) in [6, 6.07) is 16.3. The first-order valence-corrected chi connectivity index (χ1v) is 12.2. The van der Waals surface area contributed by atoms with Crippen LogP contribution in [-0.2, 0) is 17.9 Å². The van der Waals surface area contributed by atoms with E-state index in [0.717, 1.165) is 22.2 Å². The van der Waals surface area contributed by atoms with Crippen LogP contribution in [0.25, 0.3) is 6.08 Å². The van der Waals surface area contributed by atoms with E-state index >= 15 is 0 Å². The van der Waals surface area contributed by atoms with Crippen LogP contribution in [0.3, 0.4) is 0 Å². The summed E-state index contributed by atoms with van der Waals surface area (Å²) >= 11 is 13.3. The molecule has 0 radical (unpaired) electrons. The second-order valence-electron chi connectivity index (χ2n) is 7.52. The maximum absolute atomic E-state index is 13.1. The number of amides is 2. The van der Waals surface area contributed by atoms with Gasteiger partial charge in [-0.15, -0.1) is 0 Å². The minimum atomic E-state index is -0.425. The summed E-state index contributed by atoms with van der Waals surface area (Å²) < 4.78 is 24.7. The molecule has 0 aliphatic carbocycles. The molecule has 0 bridgehead atoms. The van der Waals surface area contributed by atoms with E-state index in [2.05, 4.69) is 0 Å². The number of ether oxygens (including phenoxy) is 2. The molecule has 3 aromatic rings. The number of carbonyl (C=O) groups excluding carboxylic acids is 2. The molecular formula is C26H20Cl2FNO4S. The van der Waals surface area contributed by atoms with Crippen molar-refractivity contribution >= 4 is 52.2 Å². The Morgan fingerprint density at radius 2 is 1.69 bits per heavy atom. The molecule has 1 aliphatic rings. The number of carbonyl (C=O) groups is 2. The van der Waals surface area contributed by atoms with E-state index in [-0.39, 0.29) is 23.9 Å². The van der Waals surface area contributed by atoms with Crippen LogP contribution in [0.15, 0.2) is 65.6 Å². The molecule has 0 spiro atoms. The molecule has 2 amide bonds. The number of hydrogen-bond donors (Lipinski definition) is 0. The Bertz CT molecular complexity index is 1280. The van der Waals surface area contributed by atoms with Crippen LogP contribution < -0.4 is 9.47 Å². The molecule has 35 heavy (non-hydrogen) atoms. The first-order chi connectivity index (χ1) is 16.9. The van der Waals surface area contributed by atoms with Crippen molar-refractivity contribution in [3.63, 3.8) is 0 Å². The highest BCUT2D eigenvalue weighted by molar-refractivity contribution is 8.18. The predicted octanol–water partition coefficient (Wildman–Crippen LogP) is 7.35. The minimum absolute atomic E-state index is 0.0130. The van der Waals surface area contributed by atoms with Gasteiger partial charge in [0.05, 0.1) is 18.1 Å². The lowest BCUT2D eigenvalue weighted by Crippen LogP contribution is -2.27. The molecule has 0 aromatic heterocycles. The van der Waals surface area contributed by atoms with Crippen LogP contribution in [0.1, 0.15) is 23.6 Å². The minimum Gasteiger partial charge on any atom is -0.490 e. The van der Waals surface area contributed by atoms with Gasteiger partial charge < -0.3 is 9.47 Å². The highest BCUT2D eigenvalue weighted by Crippen LogP contribution is 2.37. The second-order valence-corrected chi connectivity index (χ2v) is 9.33. The van der Waals surface area contributed by atoms with E-state index < -0.39 is 11.1 Å². The van der Waals surface area contributed by atoms with Gasteiger partial charge in [0, 0.05) is 15.6 Å². The molecule has 5 nitrogen and oxygen atoms in total. The fourth-order valence-corrected chi connectivity index (χ4v) is 4.73. The zero-order valence-corrected chi connectivity index (χ0v) is 20.9. The zero-order chi connectivity index (χ0) is 24.9. The Balaban J connectivity index is 1.52. The maximum Gasteiger partial charge on any atom is 0.293 e. The standard InChI is InChI=1S/C26H20Cl2FNO4S/c1-2-33-23-12-17(8-11-22(23)34-15-16-6-9-18(29)10-7-16)13-24-25(31)30(26(32)35-24)14-19-20(27)4-3-5-21(19)28/h3-13H,2,14-15H2,1H3/b24-13-. The Kier molecular flexibility index (Phi) is 8.00. The molecule has 1 heterocycles. The lowest BCUT2D eigenvalue weighted by atomic mass is 10.1. The highest BCUT2D eigenvalue weighted by atomic mass is 35.5. The van der Waals surface area contributed by atoms with Crippen molar-refractivity contribution in [1.82, 2.24) is 4.90 Å². The number of imide groups is 1. The van der Waals surface area contributed by atoms with Crippen molar-refractivity contribution < 1.29 is 23.5 Å². The molecule has 0 atom stereocenters. The normalized spacial score (nSPS) is 14.6. The molecule has 0 saturated carbocycles. The van der Waals surface area contributed by atoms with E-state index in [1.165, 1.54) is 12.1 Å². The highest BCUT2D eigenvalue weighted by Gasteiger charge is 2.35. The lowest BCUT2D eigenvalue weighted by molar-refractivity contribution is -0.123. The summed E-state index contributed by atoms with van der Waals surface area (Å²) in [6.07, 6.45) is 1.63. The van der Waals surface area contributed by atoms with Crippen LogP contribution in [-0.4, -0.2) is 22.7 Å². The fraction of sp³-hybridized carbons (Fsp3) is 0.154. The first kappa shape index (κ1) is 25.1. The molecule has 1 saturated heterocycles. The van der Waals surface area contributed by atoms with Gasteiger partial charge in [-0.3, -0.25) is 14.5 Å². The Morgan fingerprint density at radius 1 is 0.971 bits per heavy atom. The fourth-order valence-electron chi connectivity index (χ4n) is 3.37. The largest absolute Gasteiger partial charge is 0.490 e. The Morgan fingerprint density at radius 3 is 2.37 bits per heavy atom. The van der Waals surface area contributed by atoms with Crippen molar-refractivity contribution in [2.45, 2.75) is 20.1 Å². The summed E-state index contributed by atoms with van der Waals surface area (Å²) in [7, 11) is 0. The van der Waals surface area contributed by atoms with Crippen molar-refractivity contribution in [2.24, 2.45) is 0 Å². The number of thioether (sulfide) groups is 1. The quantitative estimate of drug-likeness (QED) is 0.284. The summed E-state index contributed by atoms with van der Waals surface area (Å²) in [5, 5.41) is 0.373. The van der Waals surface area contributed by atoms with Crippen molar-refractivity contribution in [2.75, 3.05) is 6.61 Å². The van der Waals surface area contributed by atoms with Gasteiger partial charge >= 0.3 is 0 Å². The van der Waals surface area contributed by atoms with Gasteiger partial charge in [-0.25, -0.2) is 4.39 Å². The van der Waals surface area contributed by atoms with Crippen LogP contribution in [0, 0.1) is 5.82 Å². The Labute approximate surface area is 216 Å². The van der Waals surface area contributed by atoms with Crippen LogP contribution in [0.2, 0.25) is 10.0 Å². The van der Waals surface area contributed by atoms with Gasteiger partial charge in [0.15, 0.2) is 11.5 Å². The Hall–Kier alpha value is -3.00. The third-order valence-corrected chi connectivity index (χ3v) is 6.74. The van der Waals surface area contributed by atoms with Gasteiger partial charge in [-0.1, -0.05) is 47.5 Å². The molecule has 4 rings (SSSR count). The van der Waals surface area contributed by atoms with Crippen LogP contribution in [0.4, 0.5) is 9.18 Å². The maximum atomic E-state index is 13.1. The van der Waals surface area contributed by atoms with Gasteiger partial charge in [-0.2, -0.15) is 0 Å². The number of rotatable bonds is 8. The van der Waals surface area contributed by atoms with Crippen molar-refractivity contribution in [1.29, 1.82) is 0 Å². The third kappa shape index (κ3) is 5.99. The average molecular weight is 532 g/mol. The monoisotopic (exact) mass is 531 g/mol. The van der Waals surface area contributed by atoms with E-state index in [4.69, 9.17) is 32.7 Å². The van der Waals surface area contributed by atoms with Crippen molar-refractivity contribution in [3.05, 3.63) is 98.1 Å². The SMILES string of the molecule is CCOc1cc(/C=C2\SC(=O)N(Cc3c(Cl)cccc3Cl)C2=O)ccc1OCc1ccc(F)cc1. The van der Waals surface area contributed by atoms with E-state index in [0.29, 0.717) is 39.3 Å². The van der Waals surface area contributed by atoms with Gasteiger partial charge in [0.2, 0.25) is 0 Å². The third-order valence-electron chi connectivity index (χ3n) is 5.12. The lowest BCUT2D eigenvalue weighted by Gasteiger charge is -2.15. The smallest absolute Gasteiger partial charge is 0.293 e. The molecule has 180 valence electrons. The number of nitrogens with zero attached hydrogens (tertiary/aromatic N) is 1. The summed E-state index contributed by atoms with van der Waals surface area (Å²) in [5.74, 6) is 0.262. The first-order valence-electron chi connectivity index (χ1n) is 10.7. The summed E-state index contributed by atoms with van der Waals surface area (Å²) in [5.41, 5.74) is 2.00. The molecule has 9 heteroatoms. The summed E-state index contributed by atoms with van der Waals surface area (Å²) in [4.78, 5) is 26.9. The molecule has 3 aromatic carbocycles. The molecule has 1 fully saturated rings. The van der Waals surface area contributed by atoms with Gasteiger partial charge in [0.1, 0.15) is 12.4 Å². The van der Waals surface area contributed by atoms with E-state index in [1.54, 1.807) is 54.6 Å². The zero-order valence-electron chi connectivity index (χ0n) is 18.6. The van der Waals surface area contributed by atoms with E-state index in [9.17, 15) is 14.0 Å². The molecule has 0 N–H and O–H groups in total. The average Bonchev–Trinajstić information content (AvgIpc) is 3.09. The summed E-state index contributed by atoms with van der Waals surface area (Å²) in [6.45, 7) is 2.48. The van der Waals surface area contributed by atoms with Gasteiger partial charge in [-0.05, 0) is 72.3 Å². The molecule has 0 unspecified atom stereocenters. The number of hydrogen-bond acceptors (Lipinski definition) is 5. The molecule has 1 aliphatic heterocycles. The van der Waals surface area contributed by atoms with Gasteiger partial charge in [0.25, 0.3) is 11.1 Å². The van der Waals surface area contributed by atoms with Crippen LogP contribution >= 0.6 is 35.0 Å². The van der Waals surface area contributed by atoms with E-state index in [1.807, 2.05) is 6.92 Å². The number of halogens is 3. The van der Waals surface area contributed by atoms with Crippen molar-refractivity contribution in [3.8, 4) is 11.5 Å².